The highest BCUT2D eigenvalue weighted by molar-refractivity contribution is 5.76. The average Bonchev–Trinajstić information content (AvgIpc) is 2.75. The number of carbonyl (C=O) groups excluding carboxylic acids is 1. The first-order valence-electron chi connectivity index (χ1n) is 5.54. The smallest absolute Gasteiger partial charge is 0.309 e. The molecule has 2 atom stereocenters. The Balaban J connectivity index is 1.82. The molecule has 1 saturated carbocycles. The van der Waals surface area contributed by atoms with E-state index in [4.69, 9.17) is 4.74 Å². The van der Waals surface area contributed by atoms with Crippen molar-refractivity contribution in [2.45, 2.75) is 31.3 Å². The quantitative estimate of drug-likeness (QED) is 0.688. The van der Waals surface area contributed by atoms with E-state index < -0.39 is 0 Å². The molecule has 15 heavy (non-hydrogen) atoms. The van der Waals surface area contributed by atoms with Gasteiger partial charge in [-0.15, -0.1) is 0 Å². The van der Waals surface area contributed by atoms with Crippen LogP contribution in [0.1, 0.15) is 24.8 Å². The summed E-state index contributed by atoms with van der Waals surface area (Å²) in [6.07, 6.45) is 3.88. The lowest BCUT2D eigenvalue weighted by Crippen LogP contribution is -2.31. The summed E-state index contributed by atoms with van der Waals surface area (Å²) in [4.78, 5) is 11.4. The first-order valence-corrected chi connectivity index (χ1v) is 5.54. The molecular weight excluding hydrogens is 188 g/mol. The van der Waals surface area contributed by atoms with Crippen molar-refractivity contribution < 1.29 is 9.53 Å². The number of hydrogen-bond donors (Lipinski definition) is 0. The van der Waals surface area contributed by atoms with E-state index in [2.05, 4.69) is 12.1 Å². The Bertz CT molecular complexity index is 385. The molecule has 1 heterocycles. The van der Waals surface area contributed by atoms with E-state index in [1.807, 2.05) is 18.2 Å². The highest BCUT2D eigenvalue weighted by atomic mass is 16.6. The van der Waals surface area contributed by atoms with Crippen LogP contribution >= 0.6 is 0 Å². The van der Waals surface area contributed by atoms with Crippen molar-refractivity contribution in [3.63, 3.8) is 0 Å². The van der Waals surface area contributed by atoms with Gasteiger partial charge in [0.2, 0.25) is 0 Å². The minimum absolute atomic E-state index is 0.0252. The molecule has 0 unspecified atom stereocenters. The predicted octanol–water partition coefficient (Wildman–Crippen LogP) is 2.32. The van der Waals surface area contributed by atoms with Crippen LogP contribution in [-0.4, -0.2) is 11.6 Å². The Morgan fingerprint density at radius 2 is 2.13 bits per heavy atom. The van der Waals surface area contributed by atoms with E-state index in [1.165, 1.54) is 5.56 Å². The van der Waals surface area contributed by atoms with Crippen LogP contribution in [0.25, 0.3) is 0 Å². The van der Waals surface area contributed by atoms with Gasteiger partial charge < -0.3 is 4.74 Å². The number of hydrogen-bond acceptors (Lipinski definition) is 2. The normalized spacial score (nSPS) is 33.1. The number of ether oxygens (including phenoxy) is 1. The van der Waals surface area contributed by atoms with Crippen molar-refractivity contribution in [3.05, 3.63) is 35.9 Å². The molecule has 0 N–H and O–H groups in total. The first kappa shape index (κ1) is 8.96. The van der Waals surface area contributed by atoms with Gasteiger partial charge in [-0.2, -0.15) is 0 Å². The molecule has 2 nitrogen and oxygen atoms in total. The monoisotopic (exact) mass is 202 g/mol. The molecule has 0 amide bonds. The fourth-order valence-corrected chi connectivity index (χ4v) is 2.85. The van der Waals surface area contributed by atoms with Gasteiger partial charge in [0.15, 0.2) is 0 Å². The van der Waals surface area contributed by atoms with E-state index in [1.54, 1.807) is 0 Å². The SMILES string of the molecule is O=C1O[C@]2(Cc3ccccc3)CC[C@H]1C2. The Hall–Kier alpha value is -1.31. The number of fused-ring (bicyclic) bond motifs is 2. The van der Waals surface area contributed by atoms with Gasteiger partial charge in [-0.3, -0.25) is 4.79 Å². The third-order valence-corrected chi connectivity index (χ3v) is 3.59. The molecule has 1 aliphatic carbocycles. The van der Waals surface area contributed by atoms with Crippen LogP contribution in [0.2, 0.25) is 0 Å². The molecule has 1 aliphatic heterocycles. The standard InChI is InChI=1S/C13H14O2/c14-12-11-6-7-13(9-11,15-12)8-10-4-2-1-3-5-10/h1-5,11H,6-9H2/t11-,13-/m0/s1. The van der Waals surface area contributed by atoms with Gasteiger partial charge in [0.05, 0.1) is 5.92 Å². The highest BCUT2D eigenvalue weighted by Gasteiger charge is 2.52. The topological polar surface area (TPSA) is 26.3 Å². The second-order valence-electron chi connectivity index (χ2n) is 4.71. The molecule has 2 fully saturated rings. The third kappa shape index (κ3) is 1.44. The van der Waals surface area contributed by atoms with Crippen molar-refractivity contribution in [1.29, 1.82) is 0 Å². The Kier molecular flexibility index (Phi) is 1.84. The maximum absolute atomic E-state index is 11.4. The Labute approximate surface area is 89.2 Å². The third-order valence-electron chi connectivity index (χ3n) is 3.59. The van der Waals surface area contributed by atoms with Crippen LogP contribution in [0.3, 0.4) is 0 Å². The summed E-state index contributed by atoms with van der Waals surface area (Å²) in [5.41, 5.74) is 1.11. The fraction of sp³-hybridized carbons (Fsp3) is 0.462. The van der Waals surface area contributed by atoms with E-state index in [0.717, 1.165) is 25.7 Å². The molecule has 1 saturated heterocycles. The first-order chi connectivity index (χ1) is 7.27. The summed E-state index contributed by atoms with van der Waals surface area (Å²) in [6, 6.07) is 10.3. The van der Waals surface area contributed by atoms with Gasteiger partial charge in [0, 0.05) is 12.8 Å². The fourth-order valence-electron chi connectivity index (χ4n) is 2.85. The number of benzene rings is 1. The van der Waals surface area contributed by atoms with E-state index in [0.29, 0.717) is 0 Å². The highest BCUT2D eigenvalue weighted by Crippen LogP contribution is 2.46. The van der Waals surface area contributed by atoms with Crippen LogP contribution in [0.4, 0.5) is 0 Å². The average molecular weight is 202 g/mol. The largest absolute Gasteiger partial charge is 0.458 e. The summed E-state index contributed by atoms with van der Waals surface area (Å²) in [5.74, 6) is 0.214. The molecular formula is C13H14O2. The second kappa shape index (κ2) is 3.09. The number of carbonyl (C=O) groups is 1. The van der Waals surface area contributed by atoms with Crippen LogP contribution in [0.5, 0.6) is 0 Å². The molecule has 0 radical (unpaired) electrons. The van der Waals surface area contributed by atoms with Crippen LogP contribution < -0.4 is 0 Å². The van der Waals surface area contributed by atoms with Crippen molar-refractivity contribution in [2.75, 3.05) is 0 Å². The number of rotatable bonds is 2. The van der Waals surface area contributed by atoms with Crippen LogP contribution in [0.15, 0.2) is 30.3 Å². The van der Waals surface area contributed by atoms with Gasteiger partial charge in [-0.1, -0.05) is 30.3 Å². The van der Waals surface area contributed by atoms with Crippen LogP contribution in [0, 0.1) is 5.92 Å². The lowest BCUT2D eigenvalue weighted by Gasteiger charge is -2.26. The van der Waals surface area contributed by atoms with Crippen molar-refractivity contribution in [1.82, 2.24) is 0 Å². The number of esters is 1. The molecule has 1 aromatic rings. The minimum atomic E-state index is -0.164. The van der Waals surface area contributed by atoms with Gasteiger partial charge >= 0.3 is 5.97 Å². The van der Waals surface area contributed by atoms with Gasteiger partial charge in [0.25, 0.3) is 0 Å². The van der Waals surface area contributed by atoms with E-state index in [-0.39, 0.29) is 17.5 Å². The lowest BCUT2D eigenvalue weighted by molar-refractivity contribution is -0.155. The molecule has 0 spiro atoms. The van der Waals surface area contributed by atoms with Gasteiger partial charge in [0.1, 0.15) is 5.60 Å². The zero-order chi connectivity index (χ0) is 10.3. The summed E-state index contributed by atoms with van der Waals surface area (Å²) in [7, 11) is 0. The van der Waals surface area contributed by atoms with Crippen molar-refractivity contribution in [3.8, 4) is 0 Å². The molecule has 2 bridgehead atoms. The zero-order valence-electron chi connectivity index (χ0n) is 8.61. The minimum Gasteiger partial charge on any atom is -0.458 e. The summed E-state index contributed by atoms with van der Waals surface area (Å²) >= 11 is 0. The van der Waals surface area contributed by atoms with Crippen LogP contribution in [-0.2, 0) is 16.0 Å². The molecule has 2 aliphatic rings. The lowest BCUT2D eigenvalue weighted by atomic mass is 9.93. The van der Waals surface area contributed by atoms with E-state index in [9.17, 15) is 4.79 Å². The Morgan fingerprint density at radius 3 is 2.73 bits per heavy atom. The van der Waals surface area contributed by atoms with Crippen molar-refractivity contribution >= 4 is 5.97 Å². The summed E-state index contributed by atoms with van der Waals surface area (Å²) in [5, 5.41) is 0. The predicted molar refractivity (Wildman–Crippen MR) is 56.3 cm³/mol. The molecule has 0 aromatic heterocycles. The molecule has 3 rings (SSSR count). The molecule has 1 aromatic carbocycles. The zero-order valence-corrected chi connectivity index (χ0v) is 8.61. The van der Waals surface area contributed by atoms with Gasteiger partial charge in [-0.05, 0) is 18.4 Å². The second-order valence-corrected chi connectivity index (χ2v) is 4.71. The molecule has 2 heteroatoms. The maximum Gasteiger partial charge on any atom is 0.309 e. The maximum atomic E-state index is 11.4. The van der Waals surface area contributed by atoms with Crippen molar-refractivity contribution in [2.24, 2.45) is 5.92 Å². The summed E-state index contributed by atoms with van der Waals surface area (Å²) in [6.45, 7) is 0. The van der Waals surface area contributed by atoms with Gasteiger partial charge in [-0.25, -0.2) is 0 Å². The Morgan fingerprint density at radius 1 is 1.33 bits per heavy atom. The summed E-state index contributed by atoms with van der Waals surface area (Å²) < 4.78 is 5.51. The van der Waals surface area contributed by atoms with E-state index >= 15 is 0 Å². The molecule has 78 valence electrons.